The molecule has 1 aliphatic heterocycles. The second-order valence-electron chi connectivity index (χ2n) is 5.20. The van der Waals surface area contributed by atoms with Gasteiger partial charge in [0.05, 0.1) is 5.92 Å². The zero-order valence-electron chi connectivity index (χ0n) is 10.6. The highest BCUT2D eigenvalue weighted by atomic mass is 16.4. The van der Waals surface area contributed by atoms with E-state index in [0.717, 1.165) is 0 Å². The molecule has 19 heavy (non-hydrogen) atoms. The second-order valence-corrected chi connectivity index (χ2v) is 5.20. The van der Waals surface area contributed by atoms with Crippen LogP contribution in [0.15, 0.2) is 0 Å². The van der Waals surface area contributed by atoms with Crippen LogP contribution in [0, 0.1) is 5.92 Å². The van der Waals surface area contributed by atoms with E-state index in [2.05, 4.69) is 16.0 Å². The zero-order valence-corrected chi connectivity index (χ0v) is 10.6. The van der Waals surface area contributed by atoms with Crippen LogP contribution in [-0.4, -0.2) is 41.6 Å². The summed E-state index contributed by atoms with van der Waals surface area (Å²) in [6.45, 7) is 0.453. The first-order valence-corrected chi connectivity index (χ1v) is 6.61. The highest BCUT2D eigenvalue weighted by Crippen LogP contribution is 2.25. The average molecular weight is 269 g/mol. The fourth-order valence-electron chi connectivity index (χ4n) is 2.61. The van der Waals surface area contributed by atoms with Crippen molar-refractivity contribution >= 4 is 17.9 Å². The smallest absolute Gasteiger partial charge is 0.315 e. The lowest BCUT2D eigenvalue weighted by molar-refractivity contribution is -0.141. The number of urea groups is 1. The van der Waals surface area contributed by atoms with Gasteiger partial charge in [0.25, 0.3) is 0 Å². The molecule has 0 radical (unpaired) electrons. The van der Waals surface area contributed by atoms with Crippen molar-refractivity contribution in [1.29, 1.82) is 0 Å². The Kier molecular flexibility index (Phi) is 4.24. The fraction of sp³-hybridized carbons (Fsp3) is 0.750. The predicted octanol–water partition coefficient (Wildman–Crippen LogP) is -0.182. The van der Waals surface area contributed by atoms with Gasteiger partial charge in [-0.2, -0.15) is 0 Å². The van der Waals surface area contributed by atoms with E-state index in [4.69, 9.17) is 5.11 Å². The van der Waals surface area contributed by atoms with E-state index < -0.39 is 5.97 Å². The molecule has 7 nitrogen and oxygen atoms in total. The van der Waals surface area contributed by atoms with Crippen LogP contribution >= 0.6 is 0 Å². The van der Waals surface area contributed by atoms with Gasteiger partial charge in [-0.3, -0.25) is 9.59 Å². The number of piperidine rings is 1. The Morgan fingerprint density at radius 3 is 2.47 bits per heavy atom. The van der Waals surface area contributed by atoms with Crippen LogP contribution in [0.2, 0.25) is 0 Å². The standard InChI is InChI=1S/C12H19N3O4/c16-10-4-3-9(6-13-10)15-12(19)14-8-2-1-7(5-8)11(17)18/h7-9H,1-6H2,(H,13,16)(H,17,18)(H2,14,15,19)/t7-,8+,9?/m1/s1. The lowest BCUT2D eigenvalue weighted by atomic mass is 10.1. The third-order valence-electron chi connectivity index (χ3n) is 3.72. The molecule has 0 spiro atoms. The number of hydrogen-bond donors (Lipinski definition) is 4. The van der Waals surface area contributed by atoms with Crippen molar-refractivity contribution in [3.63, 3.8) is 0 Å². The van der Waals surface area contributed by atoms with Gasteiger partial charge in [0.1, 0.15) is 0 Å². The number of carbonyl (C=O) groups is 3. The van der Waals surface area contributed by atoms with Crippen molar-refractivity contribution < 1.29 is 19.5 Å². The summed E-state index contributed by atoms with van der Waals surface area (Å²) in [6, 6.07) is -0.397. The molecule has 106 valence electrons. The lowest BCUT2D eigenvalue weighted by Gasteiger charge is -2.24. The van der Waals surface area contributed by atoms with Crippen LogP contribution in [0.3, 0.4) is 0 Å². The number of amides is 3. The van der Waals surface area contributed by atoms with Crippen LogP contribution in [0.4, 0.5) is 4.79 Å². The van der Waals surface area contributed by atoms with E-state index in [9.17, 15) is 14.4 Å². The van der Waals surface area contributed by atoms with E-state index in [1.165, 1.54) is 0 Å². The third kappa shape index (κ3) is 3.84. The van der Waals surface area contributed by atoms with Crippen LogP contribution in [0.5, 0.6) is 0 Å². The minimum Gasteiger partial charge on any atom is -0.481 e. The topological polar surface area (TPSA) is 108 Å². The first kappa shape index (κ1) is 13.6. The van der Waals surface area contributed by atoms with Crippen LogP contribution < -0.4 is 16.0 Å². The van der Waals surface area contributed by atoms with Gasteiger partial charge in [0.2, 0.25) is 5.91 Å². The first-order chi connectivity index (χ1) is 9.04. The molecule has 4 N–H and O–H groups in total. The Labute approximate surface area is 111 Å². The molecule has 7 heteroatoms. The molecule has 1 aliphatic carbocycles. The Balaban J connectivity index is 1.70. The number of aliphatic carboxylic acids is 1. The van der Waals surface area contributed by atoms with Gasteiger partial charge in [-0.1, -0.05) is 0 Å². The summed E-state index contributed by atoms with van der Waals surface area (Å²) in [6.07, 6.45) is 2.87. The Morgan fingerprint density at radius 1 is 1.16 bits per heavy atom. The summed E-state index contributed by atoms with van der Waals surface area (Å²) >= 11 is 0. The molecule has 2 aliphatic rings. The Morgan fingerprint density at radius 2 is 1.89 bits per heavy atom. The molecule has 2 fully saturated rings. The van der Waals surface area contributed by atoms with Gasteiger partial charge in [0.15, 0.2) is 0 Å². The summed E-state index contributed by atoms with van der Waals surface area (Å²) in [5.74, 6) is -1.13. The molecule has 1 saturated carbocycles. The molecule has 0 aromatic rings. The summed E-state index contributed by atoms with van der Waals surface area (Å²) in [5, 5.41) is 17.2. The molecule has 3 amide bonds. The van der Waals surface area contributed by atoms with E-state index in [-0.39, 0.29) is 29.9 Å². The van der Waals surface area contributed by atoms with Crippen LogP contribution in [0.1, 0.15) is 32.1 Å². The number of nitrogens with one attached hydrogen (secondary N) is 3. The fourth-order valence-corrected chi connectivity index (χ4v) is 2.61. The van der Waals surface area contributed by atoms with Crippen molar-refractivity contribution in [3.8, 4) is 0 Å². The highest BCUT2D eigenvalue weighted by molar-refractivity contribution is 5.78. The number of rotatable bonds is 3. The molecule has 0 bridgehead atoms. The summed E-state index contributed by atoms with van der Waals surface area (Å²) in [7, 11) is 0. The van der Waals surface area contributed by atoms with Crippen LogP contribution in [0.25, 0.3) is 0 Å². The Bertz CT molecular complexity index is 375. The maximum Gasteiger partial charge on any atom is 0.315 e. The molecule has 1 heterocycles. The number of carbonyl (C=O) groups excluding carboxylic acids is 2. The average Bonchev–Trinajstić information content (AvgIpc) is 2.80. The monoisotopic (exact) mass is 269 g/mol. The number of hydrogen-bond acceptors (Lipinski definition) is 3. The summed E-state index contributed by atoms with van der Waals surface area (Å²) in [4.78, 5) is 33.5. The molecule has 0 aromatic carbocycles. The van der Waals surface area contributed by atoms with Gasteiger partial charge in [-0.05, 0) is 25.7 Å². The predicted molar refractivity (Wildman–Crippen MR) is 66.5 cm³/mol. The van der Waals surface area contributed by atoms with Gasteiger partial charge in [-0.25, -0.2) is 4.79 Å². The minimum atomic E-state index is -0.792. The van der Waals surface area contributed by atoms with Gasteiger partial charge in [-0.15, -0.1) is 0 Å². The molecular weight excluding hydrogens is 250 g/mol. The van der Waals surface area contributed by atoms with Crippen molar-refractivity contribution in [2.75, 3.05) is 6.54 Å². The van der Waals surface area contributed by atoms with Crippen LogP contribution in [-0.2, 0) is 9.59 Å². The summed E-state index contributed by atoms with van der Waals surface area (Å²) in [5.41, 5.74) is 0. The van der Waals surface area contributed by atoms with E-state index >= 15 is 0 Å². The Hall–Kier alpha value is -1.79. The zero-order chi connectivity index (χ0) is 13.8. The largest absolute Gasteiger partial charge is 0.481 e. The molecule has 0 aromatic heterocycles. The second kappa shape index (κ2) is 5.90. The first-order valence-electron chi connectivity index (χ1n) is 6.61. The SMILES string of the molecule is O=C1CCC(NC(=O)N[C@H]2CC[C@@H](C(=O)O)C2)CN1. The molecule has 1 unspecified atom stereocenters. The van der Waals surface area contributed by atoms with Gasteiger partial charge >= 0.3 is 12.0 Å². The summed E-state index contributed by atoms with van der Waals surface area (Å²) < 4.78 is 0. The third-order valence-corrected chi connectivity index (χ3v) is 3.72. The maximum absolute atomic E-state index is 11.7. The van der Waals surface area contributed by atoms with Crippen molar-refractivity contribution in [3.05, 3.63) is 0 Å². The normalized spacial score (nSPS) is 30.5. The molecule has 1 saturated heterocycles. The molecule has 3 atom stereocenters. The van der Waals surface area contributed by atoms with Crippen molar-refractivity contribution in [2.45, 2.75) is 44.2 Å². The molecule has 2 rings (SSSR count). The lowest BCUT2D eigenvalue weighted by Crippen LogP contribution is -2.52. The quantitative estimate of drug-likeness (QED) is 0.570. The van der Waals surface area contributed by atoms with Crippen molar-refractivity contribution in [2.24, 2.45) is 5.92 Å². The van der Waals surface area contributed by atoms with E-state index in [0.29, 0.717) is 38.6 Å². The van der Waals surface area contributed by atoms with Crippen molar-refractivity contribution in [1.82, 2.24) is 16.0 Å². The number of carboxylic acids is 1. The molecular formula is C12H19N3O4. The van der Waals surface area contributed by atoms with Gasteiger partial charge in [0, 0.05) is 25.0 Å². The van der Waals surface area contributed by atoms with Gasteiger partial charge < -0.3 is 21.1 Å². The maximum atomic E-state index is 11.7. The van der Waals surface area contributed by atoms with E-state index in [1.807, 2.05) is 0 Å². The minimum absolute atomic E-state index is 0.0125. The highest BCUT2D eigenvalue weighted by Gasteiger charge is 2.31. The van der Waals surface area contributed by atoms with E-state index in [1.54, 1.807) is 0 Å². The number of carboxylic acid groups (broad SMARTS) is 1.